The van der Waals surface area contributed by atoms with Gasteiger partial charge in [-0.25, -0.2) is 0 Å². The van der Waals surface area contributed by atoms with Gasteiger partial charge in [-0.15, -0.1) is 0 Å². The van der Waals surface area contributed by atoms with E-state index in [9.17, 15) is 9.59 Å². The molecule has 0 bridgehead atoms. The smallest absolute Gasteiger partial charge is 0.261 e. The minimum atomic E-state index is -0.258. The first-order valence-corrected chi connectivity index (χ1v) is 6.32. The zero-order chi connectivity index (χ0) is 13.9. The predicted octanol–water partition coefficient (Wildman–Crippen LogP) is 2.16. The highest BCUT2D eigenvalue weighted by molar-refractivity contribution is 6.21. The summed E-state index contributed by atoms with van der Waals surface area (Å²) in [4.78, 5) is 25.4. The van der Waals surface area contributed by atoms with Crippen LogP contribution in [0.2, 0.25) is 0 Å². The number of fused-ring (bicyclic) bond motifs is 1. The fourth-order valence-electron chi connectivity index (χ4n) is 2.16. The van der Waals surface area contributed by atoms with Gasteiger partial charge in [0.1, 0.15) is 12.4 Å². The summed E-state index contributed by atoms with van der Waals surface area (Å²) in [6.07, 6.45) is 0. The molecular weight excluding hydrogens is 254 g/mol. The van der Waals surface area contributed by atoms with Crippen LogP contribution < -0.4 is 4.74 Å². The van der Waals surface area contributed by atoms with Crippen LogP contribution in [-0.4, -0.2) is 29.9 Å². The summed E-state index contributed by atoms with van der Waals surface area (Å²) in [5.74, 6) is 0.0848. The molecule has 3 rings (SSSR count). The highest BCUT2D eigenvalue weighted by Crippen LogP contribution is 2.22. The van der Waals surface area contributed by atoms with Gasteiger partial charge < -0.3 is 4.74 Å². The van der Waals surface area contributed by atoms with E-state index in [1.165, 1.54) is 4.90 Å². The Bertz CT molecular complexity index is 617. The number of benzene rings is 2. The highest BCUT2D eigenvalue weighted by Gasteiger charge is 2.34. The van der Waals surface area contributed by atoms with Gasteiger partial charge in [-0.1, -0.05) is 30.3 Å². The zero-order valence-corrected chi connectivity index (χ0v) is 10.7. The second-order valence-electron chi connectivity index (χ2n) is 4.38. The van der Waals surface area contributed by atoms with Gasteiger partial charge >= 0.3 is 0 Å². The van der Waals surface area contributed by atoms with E-state index >= 15 is 0 Å². The van der Waals surface area contributed by atoms with Crippen LogP contribution in [0, 0.1) is 6.07 Å². The summed E-state index contributed by atoms with van der Waals surface area (Å²) in [6, 6.07) is 17.0. The van der Waals surface area contributed by atoms with Gasteiger partial charge in [-0.2, -0.15) is 0 Å². The monoisotopic (exact) mass is 266 g/mol. The number of amides is 2. The number of hydrogen-bond donors (Lipinski definition) is 0. The number of hydrogen-bond acceptors (Lipinski definition) is 3. The largest absolute Gasteiger partial charge is 0.491 e. The van der Waals surface area contributed by atoms with Crippen molar-refractivity contribution in [2.45, 2.75) is 0 Å². The topological polar surface area (TPSA) is 46.6 Å². The summed E-state index contributed by atoms with van der Waals surface area (Å²) < 4.78 is 5.46. The van der Waals surface area contributed by atoms with Gasteiger partial charge in [0, 0.05) is 6.07 Å². The molecule has 2 aromatic rings. The lowest BCUT2D eigenvalue weighted by Gasteiger charge is -2.14. The molecule has 0 spiro atoms. The first kappa shape index (κ1) is 12.4. The lowest BCUT2D eigenvalue weighted by Crippen LogP contribution is -2.33. The van der Waals surface area contributed by atoms with E-state index in [4.69, 9.17) is 4.74 Å². The van der Waals surface area contributed by atoms with Crippen LogP contribution in [0.25, 0.3) is 0 Å². The maximum atomic E-state index is 12.1. The van der Waals surface area contributed by atoms with Gasteiger partial charge in [-0.05, 0) is 18.2 Å². The molecule has 1 aliphatic heterocycles. The normalized spacial score (nSPS) is 13.5. The van der Waals surface area contributed by atoms with Crippen molar-refractivity contribution in [3.63, 3.8) is 0 Å². The minimum Gasteiger partial charge on any atom is -0.491 e. The van der Waals surface area contributed by atoms with E-state index in [-0.39, 0.29) is 25.0 Å². The van der Waals surface area contributed by atoms with E-state index in [1.54, 1.807) is 36.4 Å². The van der Waals surface area contributed by atoms with E-state index < -0.39 is 0 Å². The predicted molar refractivity (Wildman–Crippen MR) is 72.6 cm³/mol. The average Bonchev–Trinajstić information content (AvgIpc) is 2.74. The molecular formula is C16H12NO3. The van der Waals surface area contributed by atoms with Gasteiger partial charge in [-0.3, -0.25) is 14.5 Å². The van der Waals surface area contributed by atoms with Crippen LogP contribution in [0.4, 0.5) is 0 Å². The third-order valence-electron chi connectivity index (χ3n) is 3.13. The lowest BCUT2D eigenvalue weighted by molar-refractivity contribution is 0.0631. The Morgan fingerprint density at radius 1 is 0.950 bits per heavy atom. The molecule has 20 heavy (non-hydrogen) atoms. The number of nitrogens with zero attached hydrogens (tertiary/aromatic N) is 1. The van der Waals surface area contributed by atoms with Crippen molar-refractivity contribution < 1.29 is 14.3 Å². The van der Waals surface area contributed by atoms with Crippen molar-refractivity contribution in [3.8, 4) is 5.75 Å². The Balaban J connectivity index is 1.65. The molecule has 4 nitrogen and oxygen atoms in total. The molecule has 0 aliphatic carbocycles. The average molecular weight is 266 g/mol. The molecule has 0 unspecified atom stereocenters. The summed E-state index contributed by atoms with van der Waals surface area (Å²) in [7, 11) is 0. The molecule has 1 aliphatic rings. The van der Waals surface area contributed by atoms with E-state index in [0.717, 1.165) is 0 Å². The molecule has 2 aromatic carbocycles. The number of para-hydroxylation sites is 1. The van der Waals surface area contributed by atoms with Crippen molar-refractivity contribution in [3.05, 3.63) is 65.7 Å². The third-order valence-corrected chi connectivity index (χ3v) is 3.13. The van der Waals surface area contributed by atoms with Crippen LogP contribution in [0.1, 0.15) is 20.7 Å². The quantitative estimate of drug-likeness (QED) is 0.797. The van der Waals surface area contributed by atoms with Crippen molar-refractivity contribution in [2.24, 2.45) is 0 Å². The van der Waals surface area contributed by atoms with E-state index in [0.29, 0.717) is 16.9 Å². The maximum absolute atomic E-state index is 12.1. The van der Waals surface area contributed by atoms with Gasteiger partial charge in [0.25, 0.3) is 11.8 Å². The molecule has 99 valence electrons. The minimum absolute atomic E-state index is 0.231. The number of ether oxygens (including phenoxy) is 1. The second-order valence-corrected chi connectivity index (χ2v) is 4.38. The molecule has 2 amide bonds. The van der Waals surface area contributed by atoms with Crippen LogP contribution >= 0.6 is 0 Å². The molecule has 0 saturated heterocycles. The summed E-state index contributed by atoms with van der Waals surface area (Å²) in [5, 5.41) is 0. The highest BCUT2D eigenvalue weighted by atomic mass is 16.5. The van der Waals surface area contributed by atoms with Crippen molar-refractivity contribution >= 4 is 11.8 Å². The van der Waals surface area contributed by atoms with Crippen LogP contribution in [0.15, 0.2) is 48.5 Å². The Hall–Kier alpha value is -2.62. The summed E-state index contributed by atoms with van der Waals surface area (Å²) >= 11 is 0. The first-order valence-electron chi connectivity index (χ1n) is 6.32. The van der Waals surface area contributed by atoms with Crippen molar-refractivity contribution in [1.29, 1.82) is 0 Å². The van der Waals surface area contributed by atoms with Crippen LogP contribution in [0.3, 0.4) is 0 Å². The zero-order valence-electron chi connectivity index (χ0n) is 10.7. The second kappa shape index (κ2) is 5.17. The molecule has 1 heterocycles. The van der Waals surface area contributed by atoms with Gasteiger partial charge in [0.05, 0.1) is 17.7 Å². The van der Waals surface area contributed by atoms with Gasteiger partial charge in [0.2, 0.25) is 0 Å². The van der Waals surface area contributed by atoms with Crippen LogP contribution in [0.5, 0.6) is 5.75 Å². The summed E-state index contributed by atoms with van der Waals surface area (Å²) in [5.41, 5.74) is 0.924. The van der Waals surface area contributed by atoms with E-state index in [1.807, 2.05) is 12.1 Å². The number of carbonyl (C=O) groups excluding carboxylic acids is 2. The molecule has 0 N–H and O–H groups in total. The molecule has 0 atom stereocenters. The molecule has 1 radical (unpaired) electrons. The Kier molecular flexibility index (Phi) is 3.21. The van der Waals surface area contributed by atoms with Crippen LogP contribution in [-0.2, 0) is 0 Å². The van der Waals surface area contributed by atoms with E-state index in [2.05, 4.69) is 6.07 Å². The van der Waals surface area contributed by atoms with Crippen molar-refractivity contribution in [2.75, 3.05) is 13.2 Å². The SMILES string of the molecule is O=C1c2ccccc2C(=O)N1CCOc1[c]cccc1. The van der Waals surface area contributed by atoms with Gasteiger partial charge in [0.15, 0.2) is 0 Å². The standard InChI is InChI=1S/C16H12NO3/c18-15-13-8-4-5-9-14(13)16(19)17(15)10-11-20-12-6-2-1-3-7-12/h1-6,8-9H,10-11H2. The maximum Gasteiger partial charge on any atom is 0.261 e. The molecule has 0 saturated carbocycles. The fourth-order valence-corrected chi connectivity index (χ4v) is 2.16. The molecule has 0 fully saturated rings. The number of rotatable bonds is 4. The first-order chi connectivity index (χ1) is 9.77. The van der Waals surface area contributed by atoms with Crippen molar-refractivity contribution in [1.82, 2.24) is 4.90 Å². The number of imide groups is 1. The summed E-state index contributed by atoms with van der Waals surface area (Å²) in [6.45, 7) is 0.487. The Morgan fingerprint density at radius 2 is 1.60 bits per heavy atom. The fraction of sp³-hybridized carbons (Fsp3) is 0.125. The Labute approximate surface area is 116 Å². The molecule has 4 heteroatoms. The lowest BCUT2D eigenvalue weighted by atomic mass is 10.1. The number of carbonyl (C=O) groups is 2. The third kappa shape index (κ3) is 2.16. The Morgan fingerprint density at radius 3 is 2.20 bits per heavy atom. The molecule has 0 aromatic heterocycles.